The molecule has 2 aliphatic heterocycles. The van der Waals surface area contributed by atoms with Crippen LogP contribution in [0.25, 0.3) is 0 Å². The molecule has 2 saturated heterocycles. The van der Waals surface area contributed by atoms with Crippen LogP contribution >= 0.6 is 12.4 Å². The fourth-order valence-electron chi connectivity index (χ4n) is 4.01. The summed E-state index contributed by atoms with van der Waals surface area (Å²) in [5, 5.41) is 10.6. The van der Waals surface area contributed by atoms with Crippen molar-refractivity contribution in [3.05, 3.63) is 48.3 Å². The van der Waals surface area contributed by atoms with E-state index in [4.69, 9.17) is 0 Å². The molecule has 28 heavy (non-hydrogen) atoms. The van der Waals surface area contributed by atoms with E-state index in [1.54, 1.807) is 15.8 Å². The number of aryl methyl sites for hydroxylation is 1. The number of carbonyl (C=O) groups is 2. The van der Waals surface area contributed by atoms with Gasteiger partial charge < -0.3 is 15.5 Å². The van der Waals surface area contributed by atoms with Gasteiger partial charge in [0, 0.05) is 24.6 Å². The minimum Gasteiger partial charge on any atom is -0.342 e. The number of carbonyl (C=O) groups excluding carboxylic acids is 2. The first-order chi connectivity index (χ1) is 13.1. The van der Waals surface area contributed by atoms with Crippen molar-refractivity contribution in [2.75, 3.05) is 24.5 Å². The van der Waals surface area contributed by atoms with E-state index < -0.39 is 11.6 Å². The molecule has 7 nitrogen and oxygen atoms in total. The highest BCUT2D eigenvalue weighted by Crippen LogP contribution is 2.28. The van der Waals surface area contributed by atoms with Gasteiger partial charge in [-0.15, -0.1) is 12.4 Å². The quantitative estimate of drug-likeness (QED) is 0.813. The third-order valence-electron chi connectivity index (χ3n) is 5.65. The Bertz CT molecular complexity index is 816. The summed E-state index contributed by atoms with van der Waals surface area (Å²) in [6, 6.07) is 9.25. The molecule has 1 unspecified atom stereocenters. The molecule has 0 radical (unpaired) electrons. The number of aromatic nitrogens is 2. The van der Waals surface area contributed by atoms with E-state index in [2.05, 4.69) is 15.7 Å². The molecule has 1 atom stereocenters. The van der Waals surface area contributed by atoms with E-state index in [9.17, 15) is 9.59 Å². The van der Waals surface area contributed by atoms with Gasteiger partial charge >= 0.3 is 0 Å². The van der Waals surface area contributed by atoms with E-state index in [1.807, 2.05) is 43.5 Å². The Morgan fingerprint density at radius 2 is 1.96 bits per heavy atom. The Labute approximate surface area is 170 Å². The second-order valence-corrected chi connectivity index (χ2v) is 7.37. The van der Waals surface area contributed by atoms with E-state index in [1.165, 1.54) is 0 Å². The van der Waals surface area contributed by atoms with Gasteiger partial charge in [-0.1, -0.05) is 17.7 Å². The summed E-state index contributed by atoms with van der Waals surface area (Å²) >= 11 is 0. The van der Waals surface area contributed by atoms with Crippen molar-refractivity contribution < 1.29 is 9.59 Å². The number of nitrogens with one attached hydrogen (secondary N) is 2. The molecule has 0 spiro atoms. The van der Waals surface area contributed by atoms with Crippen LogP contribution < -0.4 is 15.5 Å². The smallest absolute Gasteiger partial charge is 0.249 e. The van der Waals surface area contributed by atoms with Crippen molar-refractivity contribution in [2.45, 2.75) is 37.8 Å². The minimum absolute atomic E-state index is 0. The van der Waals surface area contributed by atoms with E-state index in [-0.39, 0.29) is 24.2 Å². The highest BCUT2D eigenvalue weighted by molar-refractivity contribution is 6.02. The second kappa shape index (κ2) is 8.32. The zero-order valence-corrected chi connectivity index (χ0v) is 16.7. The van der Waals surface area contributed by atoms with Crippen LogP contribution in [0, 0.1) is 6.92 Å². The normalized spacial score (nSPS) is 21.2. The van der Waals surface area contributed by atoms with Gasteiger partial charge in [-0.3, -0.25) is 14.3 Å². The number of rotatable bonds is 4. The third-order valence-corrected chi connectivity index (χ3v) is 5.65. The Morgan fingerprint density at radius 1 is 1.25 bits per heavy atom. The van der Waals surface area contributed by atoms with Crippen molar-refractivity contribution >= 4 is 29.9 Å². The molecule has 150 valence electrons. The summed E-state index contributed by atoms with van der Waals surface area (Å²) in [5.41, 5.74) is 1.31. The van der Waals surface area contributed by atoms with Crippen LogP contribution in [0.4, 0.5) is 5.69 Å². The Morgan fingerprint density at radius 3 is 2.61 bits per heavy atom. The lowest BCUT2D eigenvalue weighted by Gasteiger charge is -2.37. The zero-order chi connectivity index (χ0) is 18.9. The fraction of sp³-hybridized carbons (Fsp3) is 0.450. The Balaban J connectivity index is 0.00000225. The molecule has 1 aromatic heterocycles. The highest BCUT2D eigenvalue weighted by Gasteiger charge is 2.44. The molecule has 2 fully saturated rings. The number of halogens is 1. The van der Waals surface area contributed by atoms with Crippen LogP contribution in [-0.4, -0.2) is 47.3 Å². The van der Waals surface area contributed by atoms with Gasteiger partial charge in [0.1, 0.15) is 11.6 Å². The maximum atomic E-state index is 13.2. The predicted octanol–water partition coefficient (Wildman–Crippen LogP) is 1.61. The molecule has 0 saturated carbocycles. The summed E-state index contributed by atoms with van der Waals surface area (Å²) in [6.45, 7) is 4.14. The maximum absolute atomic E-state index is 13.2. The number of piperidine rings is 1. The molecule has 8 heteroatoms. The van der Waals surface area contributed by atoms with Crippen LogP contribution in [0.15, 0.2) is 42.7 Å². The van der Waals surface area contributed by atoms with Crippen LogP contribution in [0.2, 0.25) is 0 Å². The SMILES string of the molecule is Cc1ccc(N2CCC(NC(=O)C3(n4cccn4)CCNCC3)C2=O)cc1.Cl. The summed E-state index contributed by atoms with van der Waals surface area (Å²) in [4.78, 5) is 27.9. The number of hydrogen-bond donors (Lipinski definition) is 2. The average molecular weight is 404 g/mol. The van der Waals surface area contributed by atoms with Gasteiger partial charge in [0.05, 0.1) is 0 Å². The topological polar surface area (TPSA) is 79.3 Å². The average Bonchev–Trinajstić information content (AvgIpc) is 3.35. The Kier molecular flexibility index (Phi) is 6.05. The number of benzene rings is 1. The number of anilines is 1. The van der Waals surface area contributed by atoms with Crippen LogP contribution in [0.5, 0.6) is 0 Å². The van der Waals surface area contributed by atoms with Gasteiger partial charge in [0.2, 0.25) is 11.8 Å². The van der Waals surface area contributed by atoms with Crippen LogP contribution in [-0.2, 0) is 15.1 Å². The molecule has 4 rings (SSSR count). The van der Waals surface area contributed by atoms with Crippen molar-refractivity contribution in [1.29, 1.82) is 0 Å². The minimum atomic E-state index is -0.730. The predicted molar refractivity (Wildman–Crippen MR) is 110 cm³/mol. The van der Waals surface area contributed by atoms with Crippen molar-refractivity contribution in [2.24, 2.45) is 0 Å². The summed E-state index contributed by atoms with van der Waals surface area (Å²) in [7, 11) is 0. The molecule has 1 aromatic carbocycles. The van der Waals surface area contributed by atoms with E-state index in [0.29, 0.717) is 25.8 Å². The molecule has 0 bridgehead atoms. The summed E-state index contributed by atoms with van der Waals surface area (Å²) < 4.78 is 1.75. The summed E-state index contributed by atoms with van der Waals surface area (Å²) in [5.74, 6) is -0.159. The van der Waals surface area contributed by atoms with Gasteiger partial charge in [-0.05, 0) is 57.5 Å². The molecule has 2 N–H and O–H groups in total. The fourth-order valence-corrected chi connectivity index (χ4v) is 4.01. The van der Waals surface area contributed by atoms with Gasteiger partial charge in [0.25, 0.3) is 0 Å². The third kappa shape index (κ3) is 3.64. The lowest BCUT2D eigenvalue weighted by molar-refractivity contribution is -0.135. The lowest BCUT2D eigenvalue weighted by atomic mass is 9.87. The van der Waals surface area contributed by atoms with Crippen LogP contribution in [0.1, 0.15) is 24.8 Å². The largest absolute Gasteiger partial charge is 0.342 e. The molecular weight excluding hydrogens is 378 g/mol. The van der Waals surface area contributed by atoms with Gasteiger partial charge in [-0.25, -0.2) is 0 Å². The number of nitrogens with zero attached hydrogens (tertiary/aromatic N) is 3. The first kappa shape index (κ1) is 20.4. The number of amides is 2. The standard InChI is InChI=1S/C20H25N5O2.ClH/c1-15-3-5-16(6-4-15)24-14-7-17(18(24)26)23-19(27)20(8-11-21-12-9-20)25-13-2-10-22-25;/h2-6,10,13,17,21H,7-9,11-12,14H2,1H3,(H,23,27);1H. The zero-order valence-electron chi connectivity index (χ0n) is 15.9. The van der Waals surface area contributed by atoms with E-state index in [0.717, 1.165) is 24.3 Å². The molecule has 0 aliphatic carbocycles. The monoisotopic (exact) mass is 403 g/mol. The Hall–Kier alpha value is -2.38. The number of hydrogen-bond acceptors (Lipinski definition) is 4. The second-order valence-electron chi connectivity index (χ2n) is 7.37. The summed E-state index contributed by atoms with van der Waals surface area (Å²) in [6.07, 6.45) is 5.45. The molecule has 2 amide bonds. The van der Waals surface area contributed by atoms with Crippen LogP contribution in [0.3, 0.4) is 0 Å². The molecule has 2 aliphatic rings. The first-order valence-electron chi connectivity index (χ1n) is 9.50. The van der Waals surface area contributed by atoms with Crippen molar-refractivity contribution in [1.82, 2.24) is 20.4 Å². The lowest BCUT2D eigenvalue weighted by Crippen LogP contribution is -2.57. The van der Waals surface area contributed by atoms with Crippen molar-refractivity contribution in [3.63, 3.8) is 0 Å². The van der Waals surface area contributed by atoms with Gasteiger partial charge in [0.15, 0.2) is 0 Å². The highest BCUT2D eigenvalue weighted by atomic mass is 35.5. The van der Waals surface area contributed by atoms with E-state index >= 15 is 0 Å². The maximum Gasteiger partial charge on any atom is 0.249 e. The first-order valence-corrected chi connectivity index (χ1v) is 9.50. The molecule has 3 heterocycles. The molecular formula is C20H26ClN5O2. The van der Waals surface area contributed by atoms with Gasteiger partial charge in [-0.2, -0.15) is 5.10 Å². The van der Waals surface area contributed by atoms with Crippen molar-refractivity contribution in [3.8, 4) is 0 Å². The molecule has 2 aromatic rings.